The van der Waals surface area contributed by atoms with Gasteiger partial charge < -0.3 is 10.6 Å². The van der Waals surface area contributed by atoms with Crippen LogP contribution in [0.3, 0.4) is 0 Å². The molecule has 6 nitrogen and oxygen atoms in total. The molecule has 0 aromatic heterocycles. The van der Waals surface area contributed by atoms with Crippen molar-refractivity contribution < 1.29 is 13.2 Å². The first kappa shape index (κ1) is 20.1. The average molecular weight is 394 g/mol. The number of hydrogen-bond acceptors (Lipinski definition) is 4. The summed E-state index contributed by atoms with van der Waals surface area (Å²) < 4.78 is 27.0. The number of fused-ring (bicyclic) bond motifs is 2. The first-order valence-electron chi connectivity index (χ1n) is 10.0. The van der Waals surface area contributed by atoms with Gasteiger partial charge >= 0.3 is 0 Å². The molecular formula is C20H31N3O3S. The second-order valence-electron chi connectivity index (χ2n) is 7.73. The van der Waals surface area contributed by atoms with Gasteiger partial charge in [-0.2, -0.15) is 4.31 Å². The van der Waals surface area contributed by atoms with Gasteiger partial charge in [-0.05, 0) is 55.2 Å². The van der Waals surface area contributed by atoms with Gasteiger partial charge in [0.15, 0.2) is 0 Å². The second kappa shape index (κ2) is 8.19. The number of nitrogens with one attached hydrogen (secondary N) is 2. The van der Waals surface area contributed by atoms with Crippen LogP contribution in [0.15, 0.2) is 23.1 Å². The molecule has 0 saturated heterocycles. The second-order valence-corrected chi connectivity index (χ2v) is 9.67. The quantitative estimate of drug-likeness (QED) is 0.708. The van der Waals surface area contributed by atoms with E-state index in [-0.39, 0.29) is 10.8 Å². The van der Waals surface area contributed by atoms with Gasteiger partial charge in [0.2, 0.25) is 15.9 Å². The average Bonchev–Trinajstić information content (AvgIpc) is 3.25. The highest BCUT2D eigenvalue weighted by Gasteiger charge is 2.40. The van der Waals surface area contributed by atoms with E-state index < -0.39 is 10.0 Å². The van der Waals surface area contributed by atoms with Gasteiger partial charge in [-0.3, -0.25) is 4.79 Å². The number of benzene rings is 1. The van der Waals surface area contributed by atoms with Crippen LogP contribution in [-0.2, 0) is 14.8 Å². The zero-order chi connectivity index (χ0) is 19.6. The Labute approximate surface area is 162 Å². The molecule has 27 heavy (non-hydrogen) atoms. The molecule has 2 bridgehead atoms. The summed E-state index contributed by atoms with van der Waals surface area (Å²) in [4.78, 5) is 12.8. The van der Waals surface area contributed by atoms with E-state index in [2.05, 4.69) is 10.6 Å². The largest absolute Gasteiger partial charge is 0.386 e. The number of nitrogens with zero attached hydrogens (tertiary/aromatic N) is 1. The highest BCUT2D eigenvalue weighted by Crippen LogP contribution is 2.49. The molecule has 0 aliphatic heterocycles. The van der Waals surface area contributed by atoms with Crippen molar-refractivity contribution in [1.82, 2.24) is 4.31 Å². The molecular weight excluding hydrogens is 362 g/mol. The van der Waals surface area contributed by atoms with Crippen LogP contribution in [-0.4, -0.2) is 38.8 Å². The molecule has 7 heteroatoms. The van der Waals surface area contributed by atoms with Crippen molar-refractivity contribution in [2.45, 2.75) is 50.8 Å². The van der Waals surface area contributed by atoms with Crippen LogP contribution in [0.25, 0.3) is 0 Å². The van der Waals surface area contributed by atoms with E-state index in [0.717, 1.165) is 18.0 Å². The van der Waals surface area contributed by atoms with Crippen LogP contribution in [0.1, 0.15) is 46.0 Å². The molecule has 0 heterocycles. The highest BCUT2D eigenvalue weighted by atomic mass is 32.2. The van der Waals surface area contributed by atoms with Gasteiger partial charge in [0, 0.05) is 26.6 Å². The predicted octanol–water partition coefficient (Wildman–Crippen LogP) is 3.52. The predicted molar refractivity (Wildman–Crippen MR) is 108 cm³/mol. The normalized spacial score (nSPS) is 24.4. The maximum atomic E-state index is 12.8. The summed E-state index contributed by atoms with van der Waals surface area (Å²) in [5, 5.41) is 5.99. The van der Waals surface area contributed by atoms with Crippen molar-refractivity contribution >= 4 is 27.3 Å². The molecule has 1 aromatic carbocycles. The van der Waals surface area contributed by atoms with E-state index in [1.54, 1.807) is 25.2 Å². The molecule has 0 radical (unpaired) electrons. The Hall–Kier alpha value is -1.60. The van der Waals surface area contributed by atoms with Crippen LogP contribution in [0.5, 0.6) is 0 Å². The molecule has 2 aliphatic carbocycles. The zero-order valence-electron chi connectivity index (χ0n) is 16.5. The summed E-state index contributed by atoms with van der Waals surface area (Å²) in [6.45, 7) is 4.47. The van der Waals surface area contributed by atoms with E-state index in [4.69, 9.17) is 0 Å². The molecule has 2 N–H and O–H groups in total. The van der Waals surface area contributed by atoms with E-state index >= 15 is 0 Å². The SMILES string of the molecule is CCN(CC)S(=O)(=O)c1ccc(NC)c(NC(=O)C[C@@H]2C[C@H]3CC[C@@H]2C3)c1. The molecule has 0 spiro atoms. The number of amides is 1. The lowest BCUT2D eigenvalue weighted by Gasteiger charge is -2.22. The Morgan fingerprint density at radius 2 is 1.89 bits per heavy atom. The van der Waals surface area contributed by atoms with Crippen LogP contribution < -0.4 is 10.6 Å². The highest BCUT2D eigenvalue weighted by molar-refractivity contribution is 7.89. The maximum Gasteiger partial charge on any atom is 0.243 e. The first-order valence-corrected chi connectivity index (χ1v) is 11.4. The number of sulfonamides is 1. The van der Waals surface area contributed by atoms with Crippen LogP contribution in [0.4, 0.5) is 11.4 Å². The minimum atomic E-state index is -3.56. The number of carbonyl (C=O) groups is 1. The number of carbonyl (C=O) groups excluding carboxylic acids is 1. The van der Waals surface area contributed by atoms with Gasteiger partial charge in [-0.15, -0.1) is 0 Å². The van der Waals surface area contributed by atoms with Crippen molar-refractivity contribution in [3.05, 3.63) is 18.2 Å². The smallest absolute Gasteiger partial charge is 0.243 e. The molecule has 2 saturated carbocycles. The molecule has 0 unspecified atom stereocenters. The third-order valence-corrected chi connectivity index (χ3v) is 8.26. The lowest BCUT2D eigenvalue weighted by atomic mass is 9.86. The Morgan fingerprint density at radius 1 is 1.15 bits per heavy atom. The third kappa shape index (κ3) is 4.14. The standard InChI is InChI=1S/C20H31N3O3S/c1-4-23(5-2)27(25,26)17-8-9-18(21-3)19(13-17)22-20(24)12-16-11-14-6-7-15(16)10-14/h8-9,13-16,21H,4-7,10-12H2,1-3H3,(H,22,24)/t14-,15+,16-/m0/s1. The van der Waals surface area contributed by atoms with Crippen LogP contribution >= 0.6 is 0 Å². The molecule has 2 aliphatic rings. The molecule has 3 rings (SSSR count). The van der Waals surface area contributed by atoms with E-state index in [1.807, 2.05) is 13.8 Å². The van der Waals surface area contributed by atoms with Crippen molar-refractivity contribution in [3.63, 3.8) is 0 Å². The summed E-state index contributed by atoms with van der Waals surface area (Å²) in [6.07, 6.45) is 5.53. The summed E-state index contributed by atoms with van der Waals surface area (Å²) in [5.41, 5.74) is 1.24. The summed E-state index contributed by atoms with van der Waals surface area (Å²) in [5.74, 6) is 1.95. The number of rotatable bonds is 8. The minimum absolute atomic E-state index is 0.0264. The van der Waals surface area contributed by atoms with Gasteiger partial charge in [-0.25, -0.2) is 8.42 Å². The molecule has 3 atom stereocenters. The van der Waals surface area contributed by atoms with Crippen LogP contribution in [0, 0.1) is 17.8 Å². The van der Waals surface area contributed by atoms with E-state index in [9.17, 15) is 13.2 Å². The fourth-order valence-corrected chi connectivity index (χ4v) is 6.27. The van der Waals surface area contributed by atoms with Crippen molar-refractivity contribution in [1.29, 1.82) is 0 Å². The summed E-state index contributed by atoms with van der Waals surface area (Å²) in [7, 11) is -1.80. The zero-order valence-corrected chi connectivity index (χ0v) is 17.3. The van der Waals surface area contributed by atoms with Gasteiger partial charge in [0.25, 0.3) is 0 Å². The number of anilines is 2. The van der Waals surface area contributed by atoms with Crippen molar-refractivity contribution in [3.8, 4) is 0 Å². The Bertz CT molecular complexity index is 790. The van der Waals surface area contributed by atoms with E-state index in [0.29, 0.717) is 37.0 Å². The summed E-state index contributed by atoms with van der Waals surface area (Å²) in [6, 6.07) is 4.87. The lowest BCUT2D eigenvalue weighted by Crippen LogP contribution is -2.30. The van der Waals surface area contributed by atoms with Crippen molar-refractivity contribution in [2.75, 3.05) is 30.8 Å². The first-order chi connectivity index (χ1) is 12.9. The fourth-order valence-electron chi connectivity index (χ4n) is 4.78. The Kier molecular flexibility index (Phi) is 6.11. The number of hydrogen-bond donors (Lipinski definition) is 2. The van der Waals surface area contributed by atoms with Gasteiger partial charge in [-0.1, -0.05) is 20.3 Å². The Balaban J connectivity index is 1.76. The minimum Gasteiger partial charge on any atom is -0.386 e. The summed E-state index contributed by atoms with van der Waals surface area (Å²) >= 11 is 0. The Morgan fingerprint density at radius 3 is 2.44 bits per heavy atom. The molecule has 1 aromatic rings. The third-order valence-electron chi connectivity index (χ3n) is 6.21. The van der Waals surface area contributed by atoms with Gasteiger partial charge in [0.05, 0.1) is 16.3 Å². The topological polar surface area (TPSA) is 78.5 Å². The fraction of sp³-hybridized carbons (Fsp3) is 0.650. The molecule has 2 fully saturated rings. The monoisotopic (exact) mass is 393 g/mol. The van der Waals surface area contributed by atoms with E-state index in [1.165, 1.54) is 23.6 Å². The van der Waals surface area contributed by atoms with Gasteiger partial charge in [0.1, 0.15) is 0 Å². The maximum absolute atomic E-state index is 12.8. The van der Waals surface area contributed by atoms with Crippen LogP contribution in [0.2, 0.25) is 0 Å². The van der Waals surface area contributed by atoms with Crippen molar-refractivity contribution in [2.24, 2.45) is 17.8 Å². The lowest BCUT2D eigenvalue weighted by molar-refractivity contribution is -0.117. The molecule has 150 valence electrons. The molecule has 1 amide bonds.